The summed E-state index contributed by atoms with van der Waals surface area (Å²) in [6.45, 7) is 7.58. The smallest absolute Gasteiger partial charge is 0.264 e. The van der Waals surface area contributed by atoms with Crippen LogP contribution in [0.15, 0.2) is 108 Å². The summed E-state index contributed by atoms with van der Waals surface area (Å²) in [5, 5.41) is 3.06. The van der Waals surface area contributed by atoms with Crippen molar-refractivity contribution in [1.29, 1.82) is 0 Å². The van der Waals surface area contributed by atoms with Gasteiger partial charge in [-0.25, -0.2) is 8.42 Å². The predicted molar refractivity (Wildman–Crippen MR) is 189 cm³/mol. The fourth-order valence-corrected chi connectivity index (χ4v) is 6.62. The Hall–Kier alpha value is -4.83. The zero-order valence-corrected chi connectivity index (χ0v) is 29.1. The van der Waals surface area contributed by atoms with Gasteiger partial charge >= 0.3 is 0 Å². The molecule has 0 saturated carbocycles. The number of methoxy groups -OCH3 is 1. The SMILES string of the molecule is CCOc1ccc(S(=O)(=O)N(CC(=O)N(Cc2cccc(OC)c2)[C@@H](Cc2ccccc2)C(=O)N[C@@H](C)CC)c2ccc(C)cc2)cc1. The van der Waals surface area contributed by atoms with Crippen molar-refractivity contribution in [3.05, 3.63) is 120 Å². The molecule has 48 heavy (non-hydrogen) atoms. The molecule has 9 nitrogen and oxygen atoms in total. The number of carbonyl (C=O) groups is 2. The van der Waals surface area contributed by atoms with E-state index >= 15 is 0 Å². The number of rotatable bonds is 16. The fourth-order valence-electron chi connectivity index (χ4n) is 5.20. The minimum absolute atomic E-state index is 0.00835. The molecule has 0 aliphatic carbocycles. The molecule has 0 bridgehead atoms. The average molecular weight is 672 g/mol. The molecule has 0 aliphatic heterocycles. The average Bonchev–Trinajstić information content (AvgIpc) is 3.09. The highest BCUT2D eigenvalue weighted by Gasteiger charge is 2.35. The van der Waals surface area contributed by atoms with E-state index in [0.717, 1.165) is 21.0 Å². The van der Waals surface area contributed by atoms with Gasteiger partial charge in [-0.2, -0.15) is 0 Å². The molecule has 1 N–H and O–H groups in total. The van der Waals surface area contributed by atoms with Crippen molar-refractivity contribution < 1.29 is 27.5 Å². The van der Waals surface area contributed by atoms with Gasteiger partial charge in [-0.1, -0.05) is 67.1 Å². The molecule has 254 valence electrons. The minimum atomic E-state index is -4.23. The van der Waals surface area contributed by atoms with Crippen LogP contribution in [0.2, 0.25) is 0 Å². The van der Waals surface area contributed by atoms with Gasteiger partial charge in [-0.3, -0.25) is 13.9 Å². The Bertz CT molecular complexity index is 1750. The first-order valence-electron chi connectivity index (χ1n) is 16.1. The summed E-state index contributed by atoms with van der Waals surface area (Å²) in [6.07, 6.45) is 0.935. The van der Waals surface area contributed by atoms with E-state index in [1.807, 2.05) is 70.2 Å². The molecule has 0 heterocycles. The maximum atomic E-state index is 14.7. The molecule has 10 heteroatoms. The maximum absolute atomic E-state index is 14.7. The van der Waals surface area contributed by atoms with Crippen LogP contribution < -0.4 is 19.1 Å². The number of hydrogen-bond acceptors (Lipinski definition) is 6. The first-order chi connectivity index (χ1) is 23.0. The van der Waals surface area contributed by atoms with Crippen LogP contribution in [-0.4, -0.2) is 57.5 Å². The molecular formula is C38H45N3O6S. The highest BCUT2D eigenvalue weighted by molar-refractivity contribution is 7.92. The Balaban J connectivity index is 1.80. The van der Waals surface area contributed by atoms with Crippen molar-refractivity contribution >= 4 is 27.5 Å². The largest absolute Gasteiger partial charge is 0.497 e. The quantitative estimate of drug-likeness (QED) is 0.153. The zero-order chi connectivity index (χ0) is 34.7. The lowest BCUT2D eigenvalue weighted by atomic mass is 10.0. The van der Waals surface area contributed by atoms with Gasteiger partial charge in [0.05, 0.1) is 24.3 Å². The van der Waals surface area contributed by atoms with Crippen LogP contribution in [-0.2, 0) is 32.6 Å². The number of carbonyl (C=O) groups excluding carboxylic acids is 2. The van der Waals surface area contributed by atoms with E-state index in [9.17, 15) is 18.0 Å². The van der Waals surface area contributed by atoms with Crippen LogP contribution in [0.1, 0.15) is 43.9 Å². The summed E-state index contributed by atoms with van der Waals surface area (Å²) < 4.78 is 40.6. The molecule has 0 spiro atoms. The number of benzene rings is 4. The second-order valence-electron chi connectivity index (χ2n) is 11.6. The summed E-state index contributed by atoms with van der Waals surface area (Å²) in [5.41, 5.74) is 2.86. The molecule has 4 aromatic rings. The lowest BCUT2D eigenvalue weighted by Gasteiger charge is -2.34. The molecule has 0 unspecified atom stereocenters. The van der Waals surface area contributed by atoms with Crippen LogP contribution in [0.5, 0.6) is 11.5 Å². The summed E-state index contributed by atoms with van der Waals surface area (Å²) in [7, 11) is -2.67. The van der Waals surface area contributed by atoms with Crippen LogP contribution >= 0.6 is 0 Å². The third-order valence-corrected chi connectivity index (χ3v) is 9.87. The van der Waals surface area contributed by atoms with Crippen LogP contribution in [0.3, 0.4) is 0 Å². The van der Waals surface area contributed by atoms with E-state index in [1.54, 1.807) is 55.6 Å². The lowest BCUT2D eigenvalue weighted by Crippen LogP contribution is -2.54. The lowest BCUT2D eigenvalue weighted by molar-refractivity contribution is -0.140. The minimum Gasteiger partial charge on any atom is -0.497 e. The standard InChI is InChI=1S/C38H45N3O6S/c1-6-29(4)39-38(43)36(25-30-12-9-8-10-13-30)40(26-31-14-11-15-34(24-31)46-5)37(42)27-41(32-18-16-28(3)17-19-32)48(44,45)35-22-20-33(21-23-35)47-7-2/h8-24,29,36H,6-7,25-27H2,1-5H3,(H,39,43)/t29-,36-/m0/s1. The predicted octanol–water partition coefficient (Wildman–Crippen LogP) is 6.15. The Morgan fingerprint density at radius 2 is 1.50 bits per heavy atom. The molecular weight excluding hydrogens is 627 g/mol. The van der Waals surface area contributed by atoms with Gasteiger partial charge in [0.25, 0.3) is 10.0 Å². The first kappa shape index (κ1) is 36.0. The van der Waals surface area contributed by atoms with Crippen molar-refractivity contribution in [2.45, 2.75) is 64.1 Å². The third kappa shape index (κ3) is 9.38. The van der Waals surface area contributed by atoms with Crippen molar-refractivity contribution in [3.8, 4) is 11.5 Å². The Morgan fingerprint density at radius 1 is 0.833 bits per heavy atom. The normalized spacial score (nSPS) is 12.4. The van der Waals surface area contributed by atoms with Crippen LogP contribution in [0, 0.1) is 6.92 Å². The molecule has 2 atom stereocenters. The van der Waals surface area contributed by atoms with E-state index in [0.29, 0.717) is 30.2 Å². The van der Waals surface area contributed by atoms with Gasteiger partial charge in [0.1, 0.15) is 24.1 Å². The summed E-state index contributed by atoms with van der Waals surface area (Å²) in [4.78, 5) is 30.1. The number of nitrogens with one attached hydrogen (secondary N) is 1. The number of sulfonamides is 1. The van der Waals surface area contributed by atoms with Crippen molar-refractivity contribution in [3.63, 3.8) is 0 Å². The fraction of sp³-hybridized carbons (Fsp3) is 0.316. The van der Waals surface area contributed by atoms with Gasteiger partial charge in [0.2, 0.25) is 11.8 Å². The highest BCUT2D eigenvalue weighted by atomic mass is 32.2. The maximum Gasteiger partial charge on any atom is 0.264 e. The highest BCUT2D eigenvalue weighted by Crippen LogP contribution is 2.27. The number of hydrogen-bond donors (Lipinski definition) is 1. The number of amides is 2. The summed E-state index contributed by atoms with van der Waals surface area (Å²) in [6, 6.07) is 28.8. The summed E-state index contributed by atoms with van der Waals surface area (Å²) in [5.74, 6) is 0.284. The first-order valence-corrected chi connectivity index (χ1v) is 17.6. The van der Waals surface area contributed by atoms with Crippen molar-refractivity contribution in [2.24, 2.45) is 0 Å². The van der Waals surface area contributed by atoms with Crippen molar-refractivity contribution in [1.82, 2.24) is 10.2 Å². The van der Waals surface area contributed by atoms with E-state index in [2.05, 4.69) is 5.32 Å². The van der Waals surface area contributed by atoms with Gasteiger partial charge < -0.3 is 19.7 Å². The van der Waals surface area contributed by atoms with Gasteiger partial charge in [0, 0.05) is 19.0 Å². The van der Waals surface area contributed by atoms with E-state index in [4.69, 9.17) is 9.47 Å². The molecule has 0 radical (unpaired) electrons. The topological polar surface area (TPSA) is 105 Å². The Kier molecular flexibility index (Phi) is 12.6. The molecule has 4 aromatic carbocycles. The molecule has 2 amide bonds. The van der Waals surface area contributed by atoms with Gasteiger partial charge in [0.15, 0.2) is 0 Å². The molecule has 4 rings (SSSR count). The number of nitrogens with zero attached hydrogens (tertiary/aromatic N) is 2. The van der Waals surface area contributed by atoms with E-state index < -0.39 is 28.5 Å². The summed E-state index contributed by atoms with van der Waals surface area (Å²) >= 11 is 0. The van der Waals surface area contributed by atoms with Crippen LogP contribution in [0.25, 0.3) is 0 Å². The molecule has 0 aliphatic rings. The Morgan fingerprint density at radius 3 is 2.12 bits per heavy atom. The molecule has 0 saturated heterocycles. The second-order valence-corrected chi connectivity index (χ2v) is 13.5. The number of aryl methyl sites for hydroxylation is 1. The monoisotopic (exact) mass is 671 g/mol. The molecule has 0 fully saturated rings. The molecule has 0 aromatic heterocycles. The van der Waals surface area contributed by atoms with Crippen molar-refractivity contribution in [2.75, 3.05) is 24.6 Å². The zero-order valence-electron chi connectivity index (χ0n) is 28.3. The van der Waals surface area contributed by atoms with Gasteiger partial charge in [-0.15, -0.1) is 0 Å². The Labute approximate surface area is 284 Å². The van der Waals surface area contributed by atoms with Crippen LogP contribution in [0.4, 0.5) is 5.69 Å². The second kappa shape index (κ2) is 16.8. The number of anilines is 1. The number of ether oxygens (including phenoxy) is 2. The van der Waals surface area contributed by atoms with Gasteiger partial charge in [-0.05, 0) is 86.8 Å². The third-order valence-electron chi connectivity index (χ3n) is 8.08. The van der Waals surface area contributed by atoms with E-state index in [1.165, 1.54) is 17.0 Å². The van der Waals surface area contributed by atoms with E-state index in [-0.39, 0.29) is 29.8 Å².